The van der Waals surface area contributed by atoms with E-state index in [-0.39, 0.29) is 0 Å². The third kappa shape index (κ3) is 1.93. The predicted molar refractivity (Wildman–Crippen MR) is 70.4 cm³/mol. The van der Waals surface area contributed by atoms with E-state index < -0.39 is 0 Å². The van der Waals surface area contributed by atoms with Crippen LogP contribution in [0.25, 0.3) is 10.2 Å². The van der Waals surface area contributed by atoms with E-state index in [0.717, 1.165) is 9.83 Å². The first kappa shape index (κ1) is 11.8. The van der Waals surface area contributed by atoms with Crippen LogP contribution in [0, 0.1) is 0 Å². The summed E-state index contributed by atoms with van der Waals surface area (Å²) >= 11 is 13.7. The van der Waals surface area contributed by atoms with Crippen LogP contribution in [0.5, 0.6) is 5.75 Å². The minimum absolute atomic E-state index is 0.493. The number of hydrogen-bond donors (Lipinski definition) is 1. The molecule has 0 saturated heterocycles. The van der Waals surface area contributed by atoms with Gasteiger partial charge in [0.1, 0.15) is 5.52 Å². The van der Waals surface area contributed by atoms with E-state index in [4.69, 9.17) is 27.9 Å². The van der Waals surface area contributed by atoms with Crippen molar-refractivity contribution in [1.82, 2.24) is 4.98 Å². The first-order valence-corrected chi connectivity index (χ1v) is 6.33. The molecule has 0 aliphatic heterocycles. The number of halogens is 2. The molecule has 16 heavy (non-hydrogen) atoms. The van der Waals surface area contributed by atoms with E-state index in [0.29, 0.717) is 27.9 Å². The lowest BCUT2D eigenvalue weighted by atomic mass is 10.3. The third-order valence-corrected chi connectivity index (χ3v) is 3.83. The molecule has 1 aromatic heterocycles. The number of nitrogens with zero attached hydrogens (tertiary/aromatic N) is 1. The highest BCUT2D eigenvalue weighted by atomic mass is 35.5. The molecule has 6 heteroatoms. The van der Waals surface area contributed by atoms with Crippen molar-refractivity contribution >= 4 is 49.9 Å². The summed E-state index contributed by atoms with van der Waals surface area (Å²) in [7, 11) is 1.81. The van der Waals surface area contributed by atoms with Crippen LogP contribution in [0.15, 0.2) is 6.07 Å². The molecule has 0 atom stereocenters. The van der Waals surface area contributed by atoms with Gasteiger partial charge in [0.05, 0.1) is 21.4 Å². The van der Waals surface area contributed by atoms with Crippen molar-refractivity contribution in [3.63, 3.8) is 0 Å². The molecule has 2 rings (SSSR count). The van der Waals surface area contributed by atoms with Gasteiger partial charge in [-0.1, -0.05) is 34.5 Å². The summed E-state index contributed by atoms with van der Waals surface area (Å²) in [5.41, 5.74) is 0.716. The number of thiazole rings is 1. The van der Waals surface area contributed by atoms with Crippen molar-refractivity contribution < 1.29 is 4.74 Å². The summed E-state index contributed by atoms with van der Waals surface area (Å²) < 4.78 is 6.38. The lowest BCUT2D eigenvalue weighted by Crippen LogP contribution is -1.94. The van der Waals surface area contributed by atoms with Crippen molar-refractivity contribution in [3.05, 3.63) is 16.1 Å². The van der Waals surface area contributed by atoms with Crippen molar-refractivity contribution in [2.24, 2.45) is 0 Å². The Morgan fingerprint density at radius 3 is 2.81 bits per heavy atom. The maximum atomic E-state index is 6.11. The van der Waals surface area contributed by atoms with E-state index >= 15 is 0 Å². The Kier molecular flexibility index (Phi) is 3.42. The molecular weight excluding hydrogens is 267 g/mol. The Labute approximate surface area is 107 Å². The molecule has 0 bridgehead atoms. The van der Waals surface area contributed by atoms with Gasteiger partial charge < -0.3 is 10.1 Å². The van der Waals surface area contributed by atoms with Crippen molar-refractivity contribution in [2.45, 2.75) is 6.92 Å². The zero-order chi connectivity index (χ0) is 11.7. The highest BCUT2D eigenvalue weighted by Crippen LogP contribution is 2.41. The van der Waals surface area contributed by atoms with Gasteiger partial charge in [0, 0.05) is 7.05 Å². The number of fused-ring (bicyclic) bond motifs is 1. The van der Waals surface area contributed by atoms with Gasteiger partial charge in [-0.25, -0.2) is 4.98 Å². The zero-order valence-corrected chi connectivity index (χ0v) is 11.1. The lowest BCUT2D eigenvalue weighted by molar-refractivity contribution is 0.344. The maximum absolute atomic E-state index is 6.11. The molecule has 0 amide bonds. The second kappa shape index (κ2) is 4.65. The molecule has 1 heterocycles. The normalized spacial score (nSPS) is 10.8. The van der Waals surface area contributed by atoms with Gasteiger partial charge in [0.15, 0.2) is 10.9 Å². The summed E-state index contributed by atoms with van der Waals surface area (Å²) in [5.74, 6) is 0.598. The fourth-order valence-corrected chi connectivity index (χ4v) is 2.83. The minimum atomic E-state index is 0.493. The Hall–Kier alpha value is -0.710. The summed E-state index contributed by atoms with van der Waals surface area (Å²) in [6.45, 7) is 2.45. The Balaban J connectivity index is 2.72. The molecule has 3 nitrogen and oxygen atoms in total. The van der Waals surface area contributed by atoms with Crippen LogP contribution in [0.2, 0.25) is 10.0 Å². The van der Waals surface area contributed by atoms with Crippen molar-refractivity contribution in [3.8, 4) is 5.75 Å². The van der Waals surface area contributed by atoms with E-state index in [9.17, 15) is 0 Å². The number of aromatic nitrogens is 1. The van der Waals surface area contributed by atoms with E-state index in [1.807, 2.05) is 14.0 Å². The van der Waals surface area contributed by atoms with Crippen LogP contribution >= 0.6 is 34.5 Å². The van der Waals surface area contributed by atoms with Gasteiger partial charge in [-0.05, 0) is 13.0 Å². The molecule has 86 valence electrons. The third-order valence-electron chi connectivity index (χ3n) is 2.03. The highest BCUT2D eigenvalue weighted by Gasteiger charge is 2.15. The average Bonchev–Trinajstić information content (AvgIpc) is 2.68. The average molecular weight is 277 g/mol. The highest BCUT2D eigenvalue weighted by molar-refractivity contribution is 7.22. The van der Waals surface area contributed by atoms with E-state index in [2.05, 4.69) is 10.3 Å². The van der Waals surface area contributed by atoms with Crippen LogP contribution < -0.4 is 10.1 Å². The Bertz CT molecular complexity index is 527. The molecule has 0 fully saturated rings. The predicted octanol–water partition coefficient (Wildman–Crippen LogP) is 4.04. The van der Waals surface area contributed by atoms with Crippen LogP contribution in [-0.2, 0) is 0 Å². The standard InChI is InChI=1S/C10H10Cl2N2OS/c1-3-15-8-5(11)4-6(12)9-7(8)14-10(13-2)16-9/h4H,3H2,1-2H3,(H,13,14). The molecule has 0 unspecified atom stereocenters. The number of anilines is 1. The van der Waals surface area contributed by atoms with Crippen LogP contribution in [0.4, 0.5) is 5.13 Å². The Morgan fingerprint density at radius 2 is 2.19 bits per heavy atom. The fraction of sp³-hybridized carbons (Fsp3) is 0.300. The smallest absolute Gasteiger partial charge is 0.183 e. The first-order valence-electron chi connectivity index (χ1n) is 4.76. The topological polar surface area (TPSA) is 34.1 Å². The number of rotatable bonds is 3. The summed E-state index contributed by atoms with van der Waals surface area (Å²) in [6.07, 6.45) is 0. The maximum Gasteiger partial charge on any atom is 0.183 e. The van der Waals surface area contributed by atoms with Crippen molar-refractivity contribution in [1.29, 1.82) is 0 Å². The van der Waals surface area contributed by atoms with Gasteiger partial charge in [0.25, 0.3) is 0 Å². The second-order valence-electron chi connectivity index (χ2n) is 3.05. The molecule has 0 saturated carbocycles. The van der Waals surface area contributed by atoms with Gasteiger partial charge in [0.2, 0.25) is 0 Å². The molecule has 1 aromatic carbocycles. The second-order valence-corrected chi connectivity index (χ2v) is 4.86. The van der Waals surface area contributed by atoms with Gasteiger partial charge in [-0.15, -0.1) is 0 Å². The van der Waals surface area contributed by atoms with Gasteiger partial charge >= 0.3 is 0 Å². The van der Waals surface area contributed by atoms with Gasteiger partial charge in [-0.3, -0.25) is 0 Å². The van der Waals surface area contributed by atoms with E-state index in [1.165, 1.54) is 11.3 Å². The molecule has 0 aliphatic rings. The molecule has 2 aromatic rings. The zero-order valence-electron chi connectivity index (χ0n) is 8.80. The number of ether oxygens (including phenoxy) is 1. The molecule has 0 aliphatic carbocycles. The van der Waals surface area contributed by atoms with Crippen LogP contribution in [0.3, 0.4) is 0 Å². The number of nitrogens with one attached hydrogen (secondary N) is 1. The fourth-order valence-electron chi connectivity index (χ4n) is 1.38. The molecular formula is C10H10Cl2N2OS. The van der Waals surface area contributed by atoms with Crippen LogP contribution in [-0.4, -0.2) is 18.6 Å². The summed E-state index contributed by atoms with van der Waals surface area (Å²) in [5, 5.41) is 4.87. The summed E-state index contributed by atoms with van der Waals surface area (Å²) in [6, 6.07) is 1.69. The number of benzene rings is 1. The quantitative estimate of drug-likeness (QED) is 0.919. The monoisotopic (exact) mass is 276 g/mol. The molecule has 0 spiro atoms. The number of hydrogen-bond acceptors (Lipinski definition) is 4. The van der Waals surface area contributed by atoms with E-state index in [1.54, 1.807) is 6.07 Å². The molecule has 1 N–H and O–H groups in total. The first-order chi connectivity index (χ1) is 7.67. The summed E-state index contributed by atoms with van der Waals surface area (Å²) in [4.78, 5) is 4.38. The lowest BCUT2D eigenvalue weighted by Gasteiger charge is -2.06. The Morgan fingerprint density at radius 1 is 1.44 bits per heavy atom. The SMILES string of the molecule is CCOc1c(Cl)cc(Cl)c2sc(NC)nc12. The largest absolute Gasteiger partial charge is 0.490 e. The van der Waals surface area contributed by atoms with Crippen LogP contribution in [0.1, 0.15) is 6.92 Å². The van der Waals surface area contributed by atoms with Crippen molar-refractivity contribution in [2.75, 3.05) is 19.0 Å². The minimum Gasteiger partial charge on any atom is -0.490 e. The van der Waals surface area contributed by atoms with Gasteiger partial charge in [-0.2, -0.15) is 0 Å². The molecule has 0 radical (unpaired) electrons.